The molecule has 0 radical (unpaired) electrons. The standard InChI is InChI=1S/C13H20N2O2S/c1-4-10-7-5-6-8-15(10)13-14-11(9(2)18-13)12(16)17-3/h10H,4-8H2,1-3H3. The smallest absolute Gasteiger partial charge is 0.357 e. The second-order valence-electron chi connectivity index (χ2n) is 4.64. The summed E-state index contributed by atoms with van der Waals surface area (Å²) in [6, 6.07) is 0.565. The van der Waals surface area contributed by atoms with Gasteiger partial charge in [0.2, 0.25) is 0 Å². The monoisotopic (exact) mass is 268 g/mol. The van der Waals surface area contributed by atoms with E-state index in [0.717, 1.165) is 23.0 Å². The number of rotatable bonds is 3. The molecule has 1 atom stereocenters. The number of aromatic nitrogens is 1. The van der Waals surface area contributed by atoms with Crippen molar-refractivity contribution in [3.63, 3.8) is 0 Å². The minimum absolute atomic E-state index is 0.333. The number of carbonyl (C=O) groups is 1. The largest absolute Gasteiger partial charge is 0.464 e. The Morgan fingerprint density at radius 3 is 3.00 bits per heavy atom. The number of esters is 1. The summed E-state index contributed by atoms with van der Waals surface area (Å²) in [4.78, 5) is 19.4. The SMILES string of the molecule is CCC1CCCCN1c1nc(C(=O)OC)c(C)s1. The van der Waals surface area contributed by atoms with E-state index in [2.05, 4.69) is 16.8 Å². The van der Waals surface area contributed by atoms with Crippen LogP contribution in [0.3, 0.4) is 0 Å². The molecule has 0 bridgehead atoms. The molecule has 1 aliphatic rings. The van der Waals surface area contributed by atoms with Crippen LogP contribution in [-0.2, 0) is 4.74 Å². The molecule has 0 saturated carbocycles. The molecule has 0 N–H and O–H groups in total. The van der Waals surface area contributed by atoms with E-state index in [9.17, 15) is 4.79 Å². The molecule has 100 valence electrons. The predicted molar refractivity (Wildman–Crippen MR) is 73.5 cm³/mol. The minimum atomic E-state index is -0.333. The van der Waals surface area contributed by atoms with E-state index in [1.165, 1.54) is 26.4 Å². The number of nitrogens with zero attached hydrogens (tertiary/aromatic N) is 2. The number of methoxy groups -OCH3 is 1. The molecular weight excluding hydrogens is 248 g/mol. The number of piperidine rings is 1. The van der Waals surface area contributed by atoms with Crippen LogP contribution in [0, 0.1) is 6.92 Å². The Labute approximate surface area is 112 Å². The fourth-order valence-corrected chi connectivity index (χ4v) is 3.46. The van der Waals surface area contributed by atoms with Crippen molar-refractivity contribution in [1.29, 1.82) is 0 Å². The number of thiazole rings is 1. The van der Waals surface area contributed by atoms with Gasteiger partial charge in [-0.25, -0.2) is 9.78 Å². The third kappa shape index (κ3) is 2.51. The van der Waals surface area contributed by atoms with Gasteiger partial charge in [0.15, 0.2) is 10.8 Å². The van der Waals surface area contributed by atoms with Crippen LogP contribution < -0.4 is 4.90 Å². The van der Waals surface area contributed by atoms with Gasteiger partial charge in [0, 0.05) is 17.5 Å². The zero-order chi connectivity index (χ0) is 13.1. The van der Waals surface area contributed by atoms with Crippen LogP contribution in [0.2, 0.25) is 0 Å². The van der Waals surface area contributed by atoms with E-state index in [1.54, 1.807) is 11.3 Å². The molecule has 0 amide bonds. The molecule has 1 saturated heterocycles. The maximum Gasteiger partial charge on any atom is 0.357 e. The molecule has 1 aromatic heterocycles. The maximum atomic E-state index is 11.6. The highest BCUT2D eigenvalue weighted by atomic mass is 32.1. The van der Waals surface area contributed by atoms with E-state index in [0.29, 0.717) is 11.7 Å². The van der Waals surface area contributed by atoms with Crippen LogP contribution in [0.1, 0.15) is 48.0 Å². The van der Waals surface area contributed by atoms with Crippen LogP contribution in [0.25, 0.3) is 0 Å². The van der Waals surface area contributed by atoms with Crippen molar-refractivity contribution in [2.24, 2.45) is 0 Å². The lowest BCUT2D eigenvalue weighted by molar-refractivity contribution is 0.0594. The van der Waals surface area contributed by atoms with E-state index >= 15 is 0 Å². The number of hydrogen-bond acceptors (Lipinski definition) is 5. The molecule has 0 spiro atoms. The molecule has 1 unspecified atom stereocenters. The lowest BCUT2D eigenvalue weighted by atomic mass is 10.0. The average Bonchev–Trinajstić information content (AvgIpc) is 2.79. The first-order chi connectivity index (χ1) is 8.67. The predicted octanol–water partition coefficient (Wildman–Crippen LogP) is 3.01. The number of aryl methyl sites for hydroxylation is 1. The van der Waals surface area contributed by atoms with Crippen molar-refractivity contribution in [2.45, 2.75) is 45.6 Å². The molecule has 2 rings (SSSR count). The molecule has 1 aliphatic heterocycles. The van der Waals surface area contributed by atoms with Gasteiger partial charge in [-0.05, 0) is 32.6 Å². The van der Waals surface area contributed by atoms with Crippen molar-refractivity contribution < 1.29 is 9.53 Å². The summed E-state index contributed by atoms with van der Waals surface area (Å²) in [5, 5.41) is 0.972. The summed E-state index contributed by atoms with van der Waals surface area (Å²) >= 11 is 1.60. The Hall–Kier alpha value is -1.10. The summed E-state index contributed by atoms with van der Waals surface area (Å²) in [5.41, 5.74) is 0.470. The van der Waals surface area contributed by atoms with Crippen LogP contribution in [-0.4, -0.2) is 30.6 Å². The first kappa shape index (κ1) is 13.3. The third-order valence-corrected chi connectivity index (χ3v) is 4.52. The normalized spacial score (nSPS) is 19.9. The summed E-state index contributed by atoms with van der Waals surface area (Å²) < 4.78 is 4.76. The Balaban J connectivity index is 2.24. The number of carbonyl (C=O) groups excluding carboxylic acids is 1. The lowest BCUT2D eigenvalue weighted by Crippen LogP contribution is -2.39. The fraction of sp³-hybridized carbons (Fsp3) is 0.692. The van der Waals surface area contributed by atoms with E-state index in [4.69, 9.17) is 4.74 Å². The van der Waals surface area contributed by atoms with Gasteiger partial charge in [0.25, 0.3) is 0 Å². The Bertz CT molecular complexity index is 431. The number of anilines is 1. The van der Waals surface area contributed by atoms with Gasteiger partial charge in [0.05, 0.1) is 7.11 Å². The number of ether oxygens (including phenoxy) is 1. The van der Waals surface area contributed by atoms with Gasteiger partial charge in [-0.1, -0.05) is 6.92 Å². The van der Waals surface area contributed by atoms with Crippen molar-refractivity contribution in [1.82, 2.24) is 4.98 Å². The third-order valence-electron chi connectivity index (χ3n) is 3.51. The molecule has 0 aromatic carbocycles. The van der Waals surface area contributed by atoms with Crippen molar-refractivity contribution in [2.75, 3.05) is 18.6 Å². The quantitative estimate of drug-likeness (QED) is 0.790. The summed E-state index contributed by atoms with van der Waals surface area (Å²) in [7, 11) is 1.40. The van der Waals surface area contributed by atoms with Crippen LogP contribution in [0.4, 0.5) is 5.13 Å². The fourth-order valence-electron chi connectivity index (χ4n) is 2.47. The van der Waals surface area contributed by atoms with Gasteiger partial charge in [0.1, 0.15) is 0 Å². The molecule has 1 aromatic rings. The molecule has 18 heavy (non-hydrogen) atoms. The molecule has 0 aliphatic carbocycles. The lowest BCUT2D eigenvalue weighted by Gasteiger charge is -2.34. The van der Waals surface area contributed by atoms with E-state index < -0.39 is 0 Å². The molecule has 2 heterocycles. The highest BCUT2D eigenvalue weighted by Crippen LogP contribution is 2.31. The molecular formula is C13H20N2O2S. The van der Waals surface area contributed by atoms with E-state index in [-0.39, 0.29) is 5.97 Å². The van der Waals surface area contributed by atoms with Crippen LogP contribution in [0.5, 0.6) is 0 Å². The second kappa shape index (κ2) is 5.69. The second-order valence-corrected chi connectivity index (χ2v) is 5.83. The van der Waals surface area contributed by atoms with Crippen molar-refractivity contribution >= 4 is 22.4 Å². The van der Waals surface area contributed by atoms with Crippen molar-refractivity contribution in [3.8, 4) is 0 Å². The van der Waals surface area contributed by atoms with Gasteiger partial charge < -0.3 is 9.64 Å². The molecule has 1 fully saturated rings. The maximum absolute atomic E-state index is 11.6. The van der Waals surface area contributed by atoms with Gasteiger partial charge in [-0.15, -0.1) is 11.3 Å². The number of hydrogen-bond donors (Lipinski definition) is 0. The zero-order valence-corrected chi connectivity index (χ0v) is 12.0. The summed E-state index contributed by atoms with van der Waals surface area (Å²) in [6.45, 7) is 5.19. The van der Waals surface area contributed by atoms with Crippen molar-refractivity contribution in [3.05, 3.63) is 10.6 Å². The Kier molecular flexibility index (Phi) is 4.22. The average molecular weight is 268 g/mol. The van der Waals surface area contributed by atoms with Crippen LogP contribution >= 0.6 is 11.3 Å². The van der Waals surface area contributed by atoms with Gasteiger partial charge >= 0.3 is 5.97 Å². The summed E-state index contributed by atoms with van der Waals surface area (Å²) in [5.74, 6) is -0.333. The Morgan fingerprint density at radius 2 is 2.33 bits per heavy atom. The summed E-state index contributed by atoms with van der Waals surface area (Å²) in [6.07, 6.45) is 4.86. The Morgan fingerprint density at radius 1 is 1.56 bits per heavy atom. The molecule has 5 heteroatoms. The highest BCUT2D eigenvalue weighted by molar-refractivity contribution is 7.15. The van der Waals surface area contributed by atoms with Gasteiger partial charge in [-0.3, -0.25) is 0 Å². The van der Waals surface area contributed by atoms with Crippen LogP contribution in [0.15, 0.2) is 0 Å². The minimum Gasteiger partial charge on any atom is -0.464 e. The highest BCUT2D eigenvalue weighted by Gasteiger charge is 2.25. The van der Waals surface area contributed by atoms with E-state index in [1.807, 2.05) is 6.92 Å². The first-order valence-corrected chi connectivity index (χ1v) is 7.31. The first-order valence-electron chi connectivity index (χ1n) is 6.49. The topological polar surface area (TPSA) is 42.4 Å². The van der Waals surface area contributed by atoms with Gasteiger partial charge in [-0.2, -0.15) is 0 Å². The zero-order valence-electron chi connectivity index (χ0n) is 11.2. The molecule has 4 nitrogen and oxygen atoms in total.